The van der Waals surface area contributed by atoms with E-state index in [9.17, 15) is 0 Å². The molecule has 2 N–H and O–H groups in total. The maximum Gasteiger partial charge on any atom is 0.160 e. The van der Waals surface area contributed by atoms with Crippen molar-refractivity contribution >= 4 is 34.0 Å². The van der Waals surface area contributed by atoms with Gasteiger partial charge >= 0.3 is 0 Å². The summed E-state index contributed by atoms with van der Waals surface area (Å²) in [6.07, 6.45) is 8.46. The number of nitrogens with one attached hydrogen (secondary N) is 2. The molecule has 4 aromatic heterocycles. The number of aryl methyl sites for hydroxylation is 1. The van der Waals surface area contributed by atoms with Gasteiger partial charge in [0.1, 0.15) is 24.0 Å². The van der Waals surface area contributed by atoms with Crippen molar-refractivity contribution in [2.45, 2.75) is 31.7 Å². The molecule has 5 heterocycles. The number of hydrogen-bond donors (Lipinski definition) is 2. The molecule has 1 aliphatic carbocycles. The van der Waals surface area contributed by atoms with Crippen LogP contribution in [0.15, 0.2) is 61.3 Å². The van der Waals surface area contributed by atoms with E-state index < -0.39 is 0 Å². The number of nitrogens with zero attached hydrogens (tertiary/aromatic N) is 7. The summed E-state index contributed by atoms with van der Waals surface area (Å²) in [4.78, 5) is 20.7. The normalized spacial score (nSPS) is 16.6. The molecule has 2 aliphatic rings. The van der Waals surface area contributed by atoms with Crippen molar-refractivity contribution in [1.29, 1.82) is 0 Å². The zero-order chi connectivity index (χ0) is 24.1. The van der Waals surface area contributed by atoms with Crippen molar-refractivity contribution in [2.75, 3.05) is 29.9 Å². The van der Waals surface area contributed by atoms with Crippen molar-refractivity contribution < 1.29 is 0 Å². The molecule has 2 fully saturated rings. The molecule has 0 unspecified atom stereocenters. The van der Waals surface area contributed by atoms with E-state index >= 15 is 0 Å². The van der Waals surface area contributed by atoms with Gasteiger partial charge in [0, 0.05) is 37.1 Å². The average molecular weight is 478 g/mol. The SMILES string of the molecule is Cc1cc(Nc2ncnc3ccc(N4CCNC5(CC5)C4)nc23)ccc1Cc1ccn2ncnc2c1. The van der Waals surface area contributed by atoms with Crippen LogP contribution in [0.1, 0.15) is 29.5 Å². The molecule has 9 nitrogen and oxygen atoms in total. The standard InChI is InChI=1S/C27H27N9/c1-18-12-21(3-2-20(18)13-19-6-10-36-24(14-19)29-17-32-36)33-26-25-22(28-16-30-26)4-5-23(34-25)35-11-9-31-27(15-35)7-8-27/h2-6,10,12,14,16-17,31H,7-9,11,13,15H2,1H3,(H,28,30,33). The van der Waals surface area contributed by atoms with Gasteiger partial charge < -0.3 is 15.5 Å². The maximum absolute atomic E-state index is 5.00. The molecule has 36 heavy (non-hydrogen) atoms. The Balaban J connectivity index is 1.14. The second kappa shape index (κ2) is 8.23. The number of benzene rings is 1. The third-order valence-corrected chi connectivity index (χ3v) is 7.36. The highest BCUT2D eigenvalue weighted by Gasteiger charge is 2.45. The van der Waals surface area contributed by atoms with Crippen LogP contribution in [0.2, 0.25) is 0 Å². The average Bonchev–Trinajstić information content (AvgIpc) is 3.46. The molecule has 7 rings (SSSR count). The molecule has 0 radical (unpaired) electrons. The first-order valence-electron chi connectivity index (χ1n) is 12.4. The number of hydrogen-bond acceptors (Lipinski definition) is 8. The molecule has 0 amide bonds. The van der Waals surface area contributed by atoms with Crippen LogP contribution < -0.4 is 15.5 Å². The Bertz CT molecular complexity index is 1590. The summed E-state index contributed by atoms with van der Waals surface area (Å²) in [6.45, 7) is 5.10. The third-order valence-electron chi connectivity index (χ3n) is 7.36. The maximum atomic E-state index is 5.00. The first-order chi connectivity index (χ1) is 17.6. The highest BCUT2D eigenvalue weighted by molar-refractivity contribution is 5.88. The summed E-state index contributed by atoms with van der Waals surface area (Å²) >= 11 is 0. The Morgan fingerprint density at radius 1 is 1.03 bits per heavy atom. The zero-order valence-corrected chi connectivity index (χ0v) is 20.1. The lowest BCUT2D eigenvalue weighted by molar-refractivity contribution is 0.440. The van der Waals surface area contributed by atoms with E-state index in [2.05, 4.69) is 78.9 Å². The van der Waals surface area contributed by atoms with Gasteiger partial charge in [0.15, 0.2) is 11.5 Å². The fraction of sp³-hybridized carbons (Fsp3) is 0.296. The molecule has 0 bridgehead atoms. The molecule has 1 saturated carbocycles. The topological polar surface area (TPSA) is 96.2 Å². The lowest BCUT2D eigenvalue weighted by Crippen LogP contribution is -2.52. The van der Waals surface area contributed by atoms with E-state index in [4.69, 9.17) is 4.98 Å². The van der Waals surface area contributed by atoms with E-state index in [1.54, 1.807) is 17.2 Å². The van der Waals surface area contributed by atoms with Crippen LogP contribution in [0.4, 0.5) is 17.3 Å². The van der Waals surface area contributed by atoms with Crippen molar-refractivity contribution in [3.05, 3.63) is 78.0 Å². The van der Waals surface area contributed by atoms with E-state index in [-0.39, 0.29) is 0 Å². The quantitative estimate of drug-likeness (QED) is 0.396. The number of rotatable bonds is 5. The molecule has 5 aromatic rings. The summed E-state index contributed by atoms with van der Waals surface area (Å²) < 4.78 is 1.78. The predicted octanol–water partition coefficient (Wildman–Crippen LogP) is 3.65. The molecule has 1 aromatic carbocycles. The van der Waals surface area contributed by atoms with Crippen LogP contribution in [0.3, 0.4) is 0 Å². The van der Waals surface area contributed by atoms with E-state index in [0.717, 1.165) is 60.1 Å². The molecule has 1 aliphatic heterocycles. The van der Waals surface area contributed by atoms with Gasteiger partial charge in [0.25, 0.3) is 0 Å². The molecule has 9 heteroatoms. The number of aromatic nitrogens is 6. The largest absolute Gasteiger partial charge is 0.353 e. The van der Waals surface area contributed by atoms with Gasteiger partial charge in [-0.15, -0.1) is 0 Å². The van der Waals surface area contributed by atoms with Gasteiger partial charge in [-0.3, -0.25) is 0 Å². The highest BCUT2D eigenvalue weighted by Crippen LogP contribution is 2.38. The first kappa shape index (κ1) is 21.2. The molecular formula is C27H27N9. The van der Waals surface area contributed by atoms with Crippen LogP contribution in [0.25, 0.3) is 16.7 Å². The van der Waals surface area contributed by atoms with Gasteiger partial charge in [-0.1, -0.05) is 6.07 Å². The Morgan fingerprint density at radius 3 is 2.86 bits per heavy atom. The van der Waals surface area contributed by atoms with Crippen LogP contribution in [0, 0.1) is 6.92 Å². The number of piperazine rings is 1. The number of fused-ring (bicyclic) bond motifs is 2. The Kier molecular flexibility index (Phi) is 4.85. The third kappa shape index (κ3) is 3.91. The molecule has 1 spiro atoms. The Labute approximate surface area is 208 Å². The molecule has 0 atom stereocenters. The molecule has 1 saturated heterocycles. The summed E-state index contributed by atoms with van der Waals surface area (Å²) in [6, 6.07) is 14.7. The second-order valence-electron chi connectivity index (χ2n) is 9.93. The van der Waals surface area contributed by atoms with Gasteiger partial charge in [0.05, 0.1) is 5.52 Å². The van der Waals surface area contributed by atoms with Crippen LogP contribution in [0.5, 0.6) is 0 Å². The fourth-order valence-electron chi connectivity index (χ4n) is 5.13. The number of anilines is 3. The zero-order valence-electron chi connectivity index (χ0n) is 20.1. The Hall–Kier alpha value is -4.11. The van der Waals surface area contributed by atoms with Crippen molar-refractivity contribution in [3.8, 4) is 0 Å². The summed E-state index contributed by atoms with van der Waals surface area (Å²) in [5, 5.41) is 11.3. The van der Waals surface area contributed by atoms with Gasteiger partial charge in [-0.2, -0.15) is 5.10 Å². The van der Waals surface area contributed by atoms with E-state index in [0.29, 0.717) is 5.54 Å². The predicted molar refractivity (Wildman–Crippen MR) is 140 cm³/mol. The minimum atomic E-state index is 0.295. The van der Waals surface area contributed by atoms with E-state index in [1.807, 2.05) is 12.3 Å². The lowest BCUT2D eigenvalue weighted by Gasteiger charge is -2.34. The number of pyridine rings is 2. The van der Waals surface area contributed by atoms with Crippen molar-refractivity contribution in [2.24, 2.45) is 0 Å². The fourth-order valence-corrected chi connectivity index (χ4v) is 5.13. The molecular weight excluding hydrogens is 450 g/mol. The molecule has 180 valence electrons. The van der Waals surface area contributed by atoms with Crippen LogP contribution >= 0.6 is 0 Å². The Morgan fingerprint density at radius 2 is 1.97 bits per heavy atom. The second-order valence-corrected chi connectivity index (χ2v) is 9.93. The van der Waals surface area contributed by atoms with Crippen molar-refractivity contribution in [1.82, 2.24) is 34.9 Å². The minimum absolute atomic E-state index is 0.295. The first-order valence-corrected chi connectivity index (χ1v) is 12.4. The van der Waals surface area contributed by atoms with Gasteiger partial charge in [-0.25, -0.2) is 24.5 Å². The van der Waals surface area contributed by atoms with Crippen LogP contribution in [-0.4, -0.2) is 54.7 Å². The summed E-state index contributed by atoms with van der Waals surface area (Å²) in [7, 11) is 0. The summed E-state index contributed by atoms with van der Waals surface area (Å²) in [5.41, 5.74) is 7.46. The smallest absolute Gasteiger partial charge is 0.160 e. The van der Waals surface area contributed by atoms with Crippen LogP contribution in [-0.2, 0) is 6.42 Å². The highest BCUT2D eigenvalue weighted by atomic mass is 15.3. The van der Waals surface area contributed by atoms with E-state index in [1.165, 1.54) is 29.5 Å². The summed E-state index contributed by atoms with van der Waals surface area (Å²) in [5.74, 6) is 1.71. The minimum Gasteiger partial charge on any atom is -0.353 e. The van der Waals surface area contributed by atoms with Gasteiger partial charge in [0.2, 0.25) is 0 Å². The van der Waals surface area contributed by atoms with Crippen molar-refractivity contribution in [3.63, 3.8) is 0 Å². The monoisotopic (exact) mass is 477 g/mol. The van der Waals surface area contributed by atoms with Gasteiger partial charge in [-0.05, 0) is 79.3 Å². The lowest BCUT2D eigenvalue weighted by atomic mass is 10.0.